The Morgan fingerprint density at radius 3 is 2.88 bits per heavy atom. The number of anilines is 1. The van der Waals surface area contributed by atoms with Crippen molar-refractivity contribution < 1.29 is 4.79 Å². The lowest BCUT2D eigenvalue weighted by atomic mass is 9.95. The van der Waals surface area contributed by atoms with E-state index >= 15 is 0 Å². The predicted octanol–water partition coefficient (Wildman–Crippen LogP) is 3.33. The van der Waals surface area contributed by atoms with Crippen molar-refractivity contribution in [3.05, 3.63) is 11.1 Å². The summed E-state index contributed by atoms with van der Waals surface area (Å²) < 4.78 is 0. The highest BCUT2D eigenvalue weighted by atomic mass is 35.5. The van der Waals surface area contributed by atoms with E-state index in [0.29, 0.717) is 11.7 Å². The van der Waals surface area contributed by atoms with Crippen molar-refractivity contribution >= 4 is 33.9 Å². The first-order valence-electron chi connectivity index (χ1n) is 6.00. The summed E-state index contributed by atoms with van der Waals surface area (Å²) in [6, 6.07) is 0.578. The fraction of sp³-hybridized carbons (Fsp3) is 0.667. The first-order chi connectivity index (χ1) is 8.22. The summed E-state index contributed by atoms with van der Waals surface area (Å²) in [6.45, 7) is 0. The Balaban J connectivity index is 2.05. The van der Waals surface area contributed by atoms with Gasteiger partial charge in [0.1, 0.15) is 5.69 Å². The van der Waals surface area contributed by atoms with Crippen LogP contribution in [-0.4, -0.2) is 29.7 Å². The van der Waals surface area contributed by atoms with Gasteiger partial charge < -0.3 is 4.90 Å². The second kappa shape index (κ2) is 5.83. The number of hydrogen-bond donors (Lipinski definition) is 0. The maximum Gasteiger partial charge on any atom is 0.196 e. The Morgan fingerprint density at radius 1 is 1.53 bits per heavy atom. The molecule has 1 aromatic rings. The average molecular weight is 273 g/mol. The summed E-state index contributed by atoms with van der Waals surface area (Å²) in [6.07, 6.45) is 6.41. The van der Waals surface area contributed by atoms with E-state index < -0.39 is 0 Å². The number of nitrogens with zero attached hydrogens (tertiary/aromatic N) is 2. The topological polar surface area (TPSA) is 33.2 Å². The fourth-order valence-electron chi connectivity index (χ4n) is 2.25. The van der Waals surface area contributed by atoms with Gasteiger partial charge in [-0.3, -0.25) is 4.79 Å². The van der Waals surface area contributed by atoms with E-state index in [2.05, 4.69) is 16.9 Å². The Hall–Kier alpha value is -0.610. The van der Waals surface area contributed by atoms with Gasteiger partial charge in [0.15, 0.2) is 10.9 Å². The molecule has 1 fully saturated rings. The van der Waals surface area contributed by atoms with Crippen LogP contribution in [0.1, 0.15) is 42.6 Å². The first kappa shape index (κ1) is 12.8. The fourth-order valence-corrected chi connectivity index (χ4v) is 3.25. The van der Waals surface area contributed by atoms with Gasteiger partial charge in [-0.05, 0) is 12.8 Å². The molecule has 0 N–H and O–H groups in total. The zero-order chi connectivity index (χ0) is 12.3. The van der Waals surface area contributed by atoms with Gasteiger partial charge in [-0.2, -0.15) is 0 Å². The molecule has 1 heterocycles. The van der Waals surface area contributed by atoms with Crippen LogP contribution in [0.2, 0.25) is 0 Å². The lowest BCUT2D eigenvalue weighted by Crippen LogP contribution is -2.33. The molecule has 1 aromatic heterocycles. The molecule has 0 bridgehead atoms. The van der Waals surface area contributed by atoms with Gasteiger partial charge in [0, 0.05) is 18.5 Å². The molecule has 1 aliphatic carbocycles. The molecule has 1 saturated carbocycles. The van der Waals surface area contributed by atoms with Gasteiger partial charge in [0.05, 0.1) is 5.88 Å². The van der Waals surface area contributed by atoms with Crippen LogP contribution in [0.25, 0.3) is 0 Å². The molecular weight excluding hydrogens is 256 g/mol. The van der Waals surface area contributed by atoms with E-state index in [1.165, 1.54) is 43.4 Å². The lowest BCUT2D eigenvalue weighted by Gasteiger charge is -2.30. The predicted molar refractivity (Wildman–Crippen MR) is 72.4 cm³/mol. The summed E-state index contributed by atoms with van der Waals surface area (Å²) in [4.78, 5) is 18.0. The highest BCUT2D eigenvalue weighted by Crippen LogP contribution is 2.28. The van der Waals surface area contributed by atoms with Crippen molar-refractivity contribution in [3.63, 3.8) is 0 Å². The summed E-state index contributed by atoms with van der Waals surface area (Å²) in [5, 5.41) is 2.74. The Bertz CT molecular complexity index is 388. The number of carbonyl (C=O) groups excluding carboxylic acids is 1. The highest BCUT2D eigenvalue weighted by molar-refractivity contribution is 7.14. The second-order valence-corrected chi connectivity index (χ2v) is 5.58. The molecule has 0 saturated heterocycles. The number of thiazole rings is 1. The van der Waals surface area contributed by atoms with Gasteiger partial charge in [0.25, 0.3) is 0 Å². The summed E-state index contributed by atoms with van der Waals surface area (Å²) in [5.74, 6) is -0.0812. The quantitative estimate of drug-likeness (QED) is 0.623. The minimum Gasteiger partial charge on any atom is -0.348 e. The number of alkyl halides is 1. The maximum absolute atomic E-state index is 11.4. The maximum atomic E-state index is 11.4. The molecule has 17 heavy (non-hydrogen) atoms. The number of rotatable bonds is 4. The molecule has 0 spiro atoms. The minimum atomic E-state index is -0.0915. The lowest BCUT2D eigenvalue weighted by molar-refractivity contribution is 0.101. The number of hydrogen-bond acceptors (Lipinski definition) is 4. The van der Waals surface area contributed by atoms with E-state index in [1.807, 2.05) is 0 Å². The van der Waals surface area contributed by atoms with Gasteiger partial charge in [-0.1, -0.05) is 19.3 Å². The van der Waals surface area contributed by atoms with Crippen LogP contribution < -0.4 is 4.90 Å². The van der Waals surface area contributed by atoms with Crippen LogP contribution >= 0.6 is 22.9 Å². The largest absolute Gasteiger partial charge is 0.348 e. The van der Waals surface area contributed by atoms with Gasteiger partial charge in [-0.15, -0.1) is 22.9 Å². The van der Waals surface area contributed by atoms with Gasteiger partial charge >= 0.3 is 0 Å². The van der Waals surface area contributed by atoms with Crippen LogP contribution in [0.3, 0.4) is 0 Å². The van der Waals surface area contributed by atoms with E-state index in [9.17, 15) is 4.79 Å². The van der Waals surface area contributed by atoms with E-state index in [0.717, 1.165) is 5.13 Å². The SMILES string of the molecule is CN(c1nc(C(=O)CCl)cs1)C1CCCCC1. The molecule has 0 radical (unpaired) electrons. The molecule has 94 valence electrons. The van der Waals surface area contributed by atoms with Crippen molar-refractivity contribution in [1.82, 2.24) is 4.98 Å². The van der Waals surface area contributed by atoms with Crippen LogP contribution in [0.15, 0.2) is 5.38 Å². The zero-order valence-electron chi connectivity index (χ0n) is 9.99. The van der Waals surface area contributed by atoms with Crippen molar-refractivity contribution in [2.24, 2.45) is 0 Å². The van der Waals surface area contributed by atoms with Gasteiger partial charge in [0.2, 0.25) is 0 Å². The molecule has 0 aromatic carbocycles. The highest BCUT2D eigenvalue weighted by Gasteiger charge is 2.21. The molecule has 3 nitrogen and oxygen atoms in total. The molecule has 0 aliphatic heterocycles. The molecule has 0 atom stereocenters. The normalized spacial score (nSPS) is 17.1. The third-order valence-electron chi connectivity index (χ3n) is 3.32. The number of aromatic nitrogens is 1. The third-order valence-corrected chi connectivity index (χ3v) is 4.50. The molecule has 0 amide bonds. The Labute approximate surface area is 111 Å². The third kappa shape index (κ3) is 2.99. The number of Topliss-reactive ketones (excluding diaryl/α,β-unsaturated/α-hetero) is 1. The number of halogens is 1. The summed E-state index contributed by atoms with van der Waals surface area (Å²) >= 11 is 7.06. The Kier molecular flexibility index (Phi) is 4.40. The monoisotopic (exact) mass is 272 g/mol. The van der Waals surface area contributed by atoms with E-state index in [-0.39, 0.29) is 11.7 Å². The van der Waals surface area contributed by atoms with E-state index in [1.54, 1.807) is 5.38 Å². The molecule has 0 unspecified atom stereocenters. The summed E-state index contributed by atoms with van der Waals surface area (Å²) in [5.41, 5.74) is 0.502. The zero-order valence-corrected chi connectivity index (χ0v) is 11.6. The Morgan fingerprint density at radius 2 is 2.24 bits per heavy atom. The smallest absolute Gasteiger partial charge is 0.196 e. The van der Waals surface area contributed by atoms with Crippen LogP contribution in [0.4, 0.5) is 5.13 Å². The minimum absolute atomic E-state index is 0.0102. The second-order valence-electron chi connectivity index (χ2n) is 4.47. The molecule has 5 heteroatoms. The first-order valence-corrected chi connectivity index (χ1v) is 7.41. The van der Waals surface area contributed by atoms with Crippen molar-refractivity contribution in [2.45, 2.75) is 38.1 Å². The number of ketones is 1. The number of carbonyl (C=O) groups is 1. The van der Waals surface area contributed by atoms with Crippen molar-refractivity contribution in [1.29, 1.82) is 0 Å². The molecule has 2 rings (SSSR count). The van der Waals surface area contributed by atoms with Crippen LogP contribution in [0.5, 0.6) is 0 Å². The van der Waals surface area contributed by atoms with E-state index in [4.69, 9.17) is 11.6 Å². The average Bonchev–Trinajstić information content (AvgIpc) is 2.87. The van der Waals surface area contributed by atoms with Crippen LogP contribution in [0, 0.1) is 0 Å². The van der Waals surface area contributed by atoms with Gasteiger partial charge in [-0.25, -0.2) is 4.98 Å². The van der Waals surface area contributed by atoms with Crippen LogP contribution in [-0.2, 0) is 0 Å². The standard InChI is InChI=1S/C12H17ClN2OS/c1-15(9-5-3-2-4-6-9)12-14-10(8-17-12)11(16)7-13/h8-9H,2-7H2,1H3. The molecule has 1 aliphatic rings. The van der Waals surface area contributed by atoms with Crippen molar-refractivity contribution in [3.8, 4) is 0 Å². The van der Waals surface area contributed by atoms with Crippen molar-refractivity contribution in [2.75, 3.05) is 17.8 Å². The summed E-state index contributed by atoms with van der Waals surface area (Å²) in [7, 11) is 2.07. The molecular formula is C12H17ClN2OS.